The molecule has 28 nitrogen and oxygen atoms in total. The molecule has 4 fully saturated rings. The van der Waals surface area contributed by atoms with Gasteiger partial charge in [-0.3, -0.25) is 28.3 Å². The van der Waals surface area contributed by atoms with E-state index >= 15 is 0 Å². The predicted octanol–water partition coefficient (Wildman–Crippen LogP) is 1.58. The summed E-state index contributed by atoms with van der Waals surface area (Å²) in [6.07, 6.45) is 12.5. The molecule has 4 aliphatic rings. The molecule has 10 N–H and O–H groups in total. The lowest BCUT2D eigenvalue weighted by Crippen LogP contribution is -2.43. The number of carbonyl (C=O) groups is 2. The third-order valence-corrected chi connectivity index (χ3v) is 15.5. The zero-order valence-electron chi connectivity index (χ0n) is 45.3. The smallest absolute Gasteiger partial charge is 0.253 e. The molecule has 6 atom stereocenters. The SMILES string of the molecule is CCNC(=O)[C@@H]1CC[C@H](n2cnc3c(NC4CCC(Nc5c(NC6CCC(Nc7nc(NCCc8cn(C)cn8)nc8c7ncn8[C@@H]7O[C@H](C(=O)NCC)[C@@H](O)[C@H]7O)CC6)c(=O)c5=O)CC4)nc(NCCc4cn(C)cn4)nc32)O1. The number of anilines is 6. The number of aryl methyl sites for hydroxylation is 2. The van der Waals surface area contributed by atoms with Crippen molar-refractivity contribution in [2.45, 2.75) is 152 Å². The standard InChI is InChI=1S/C52H70N20O8/c1-5-53-48(77)33-15-16-34(79-33)71-25-59-37-44(65-51(67-46(37)71)55-19-17-31-21-69(3)23-57-31)63-29-11-7-27(8-12-29)61-35-36(40(74)39(35)73)62-28-9-13-30(14-10-28)64-45-38-47(68-52(66-45)56-20-18-32-22-70(4)24-58-32)72(26-60-38)50-42(76)41(75)43(80-50)49(78)54-6-2/h21-30,33-34,41-43,50,61-62,75-76H,5-20H2,1-4H3,(H,53,77)(H,54,78)(H2,55,63,65,67)(H2,56,64,66,68)/t27?,28?,29?,30?,33-,34+,41-,42+,43-,50+/m0/s1. The monoisotopic (exact) mass is 1100 g/mol. The maximum absolute atomic E-state index is 13.1. The van der Waals surface area contributed by atoms with Crippen LogP contribution in [0.2, 0.25) is 0 Å². The summed E-state index contributed by atoms with van der Waals surface area (Å²) in [5.41, 5.74) is 3.37. The van der Waals surface area contributed by atoms with Crippen LogP contribution in [0.5, 0.6) is 0 Å². The van der Waals surface area contributed by atoms with Crippen LogP contribution in [0.25, 0.3) is 22.3 Å². The van der Waals surface area contributed by atoms with Crippen LogP contribution in [-0.4, -0.2) is 155 Å². The van der Waals surface area contributed by atoms with Crippen molar-refractivity contribution >= 4 is 69.0 Å². The van der Waals surface area contributed by atoms with Crippen LogP contribution < -0.4 is 53.4 Å². The summed E-state index contributed by atoms with van der Waals surface area (Å²) in [6, 6.07) is -0.0738. The Morgan fingerprint density at radius 1 is 0.575 bits per heavy atom. The van der Waals surface area contributed by atoms with E-state index in [2.05, 4.69) is 57.5 Å². The Kier molecular flexibility index (Phi) is 15.9. The van der Waals surface area contributed by atoms with E-state index in [1.807, 2.05) is 47.1 Å². The molecular weight excluding hydrogens is 1030 g/mol. The fourth-order valence-corrected chi connectivity index (χ4v) is 11.3. The first kappa shape index (κ1) is 54.2. The molecule has 2 saturated heterocycles. The van der Waals surface area contributed by atoms with Gasteiger partial charge < -0.3 is 71.4 Å². The van der Waals surface area contributed by atoms with Crippen molar-refractivity contribution in [2.24, 2.45) is 14.1 Å². The summed E-state index contributed by atoms with van der Waals surface area (Å²) in [5.74, 6) is 1.09. The predicted molar refractivity (Wildman–Crippen MR) is 296 cm³/mol. The van der Waals surface area contributed by atoms with Crippen molar-refractivity contribution in [2.75, 3.05) is 58.1 Å². The number of aliphatic hydroxyl groups is 2. The molecule has 2 saturated carbocycles. The second kappa shape index (κ2) is 23.5. The fraction of sp³-hybridized carbons (Fsp3) is 0.577. The number of carbonyl (C=O) groups excluding carboxylic acids is 2. The van der Waals surface area contributed by atoms with Crippen molar-refractivity contribution in [3.05, 3.63) is 69.5 Å². The highest BCUT2D eigenvalue weighted by molar-refractivity contribution is 5.86. The maximum Gasteiger partial charge on any atom is 0.253 e. The van der Waals surface area contributed by atoms with Gasteiger partial charge in [-0.1, -0.05) is 0 Å². The number of nitrogens with zero attached hydrogens (tertiary/aromatic N) is 12. The van der Waals surface area contributed by atoms with Gasteiger partial charge in [-0.25, -0.2) is 19.9 Å². The normalized spacial score (nSPS) is 25.0. The van der Waals surface area contributed by atoms with Crippen molar-refractivity contribution in [1.82, 2.24) is 68.8 Å². The summed E-state index contributed by atoms with van der Waals surface area (Å²) in [4.78, 5) is 89.2. The molecule has 6 aromatic heterocycles. The molecule has 2 aliphatic heterocycles. The number of aliphatic hydroxyl groups excluding tert-OH is 2. The van der Waals surface area contributed by atoms with E-state index in [4.69, 9.17) is 34.4 Å². The fourth-order valence-electron chi connectivity index (χ4n) is 11.3. The van der Waals surface area contributed by atoms with Crippen LogP contribution in [0.3, 0.4) is 0 Å². The van der Waals surface area contributed by atoms with Crippen molar-refractivity contribution in [3.8, 4) is 0 Å². The van der Waals surface area contributed by atoms with Crippen molar-refractivity contribution in [1.29, 1.82) is 0 Å². The number of fused-ring (bicyclic) bond motifs is 2. The number of ether oxygens (including phenoxy) is 2. The maximum atomic E-state index is 13.1. The molecule has 2 amide bonds. The van der Waals surface area contributed by atoms with Gasteiger partial charge in [0, 0.05) is 89.7 Å². The summed E-state index contributed by atoms with van der Waals surface area (Å²) in [7, 11) is 3.84. The lowest BCUT2D eigenvalue weighted by molar-refractivity contribution is -0.137. The Balaban J connectivity index is 0.714. The van der Waals surface area contributed by atoms with Gasteiger partial charge in [-0.15, -0.1) is 0 Å². The Morgan fingerprint density at radius 2 is 1.05 bits per heavy atom. The molecule has 7 aromatic rings. The molecule has 2 aliphatic carbocycles. The van der Waals surface area contributed by atoms with E-state index in [9.17, 15) is 29.4 Å². The third kappa shape index (κ3) is 11.5. The Morgan fingerprint density at radius 3 is 1.54 bits per heavy atom. The van der Waals surface area contributed by atoms with Gasteiger partial charge >= 0.3 is 0 Å². The number of hydrogen-bond acceptors (Lipinski definition) is 22. The molecule has 28 heteroatoms. The van der Waals surface area contributed by atoms with Gasteiger partial charge in [0.15, 0.2) is 46.3 Å². The largest absolute Gasteiger partial charge is 0.387 e. The van der Waals surface area contributed by atoms with E-state index in [-0.39, 0.29) is 30.1 Å². The number of imidazole rings is 4. The van der Waals surface area contributed by atoms with E-state index in [1.54, 1.807) is 25.9 Å². The highest BCUT2D eigenvalue weighted by atomic mass is 16.6. The van der Waals surface area contributed by atoms with Crippen LogP contribution >= 0.6 is 0 Å². The summed E-state index contributed by atoms with van der Waals surface area (Å²) < 4.78 is 19.3. The van der Waals surface area contributed by atoms with Crippen molar-refractivity contribution in [3.63, 3.8) is 0 Å². The van der Waals surface area contributed by atoms with E-state index in [1.165, 1.54) is 10.9 Å². The number of nitrogens with one attached hydrogen (secondary N) is 8. The molecule has 80 heavy (non-hydrogen) atoms. The minimum absolute atomic E-state index is 0.0271. The van der Waals surface area contributed by atoms with Crippen LogP contribution in [0.1, 0.15) is 102 Å². The Bertz CT molecular complexity index is 3390. The van der Waals surface area contributed by atoms with Gasteiger partial charge in [0.1, 0.15) is 35.9 Å². The molecule has 1 aromatic carbocycles. The minimum atomic E-state index is -1.48. The molecular formula is C52H70N20O8. The van der Waals surface area contributed by atoms with Crippen LogP contribution in [0.15, 0.2) is 47.3 Å². The number of aromatic nitrogens is 12. The summed E-state index contributed by atoms with van der Waals surface area (Å²) in [6.45, 7) is 5.50. The van der Waals surface area contributed by atoms with Crippen LogP contribution in [-0.2, 0) is 46.0 Å². The highest BCUT2D eigenvalue weighted by Gasteiger charge is 2.48. The minimum Gasteiger partial charge on any atom is -0.387 e. The molecule has 0 spiro atoms. The second-order valence-electron chi connectivity index (χ2n) is 21.3. The molecule has 11 rings (SSSR count). The van der Waals surface area contributed by atoms with Gasteiger partial charge in [-0.05, 0) is 78.1 Å². The first-order chi connectivity index (χ1) is 38.8. The van der Waals surface area contributed by atoms with Gasteiger partial charge in [0.2, 0.25) is 17.8 Å². The van der Waals surface area contributed by atoms with E-state index < -0.39 is 53.6 Å². The second-order valence-corrected chi connectivity index (χ2v) is 21.3. The molecule has 0 bridgehead atoms. The molecule has 426 valence electrons. The third-order valence-electron chi connectivity index (χ3n) is 15.5. The zero-order valence-corrected chi connectivity index (χ0v) is 45.3. The van der Waals surface area contributed by atoms with Crippen LogP contribution in [0.4, 0.5) is 34.9 Å². The van der Waals surface area contributed by atoms with Gasteiger partial charge in [0.05, 0.1) is 36.7 Å². The number of amides is 2. The van der Waals surface area contributed by atoms with E-state index in [0.29, 0.717) is 135 Å². The first-order valence-electron chi connectivity index (χ1n) is 27.8. The average Bonchev–Trinajstić information content (AvgIpc) is 4.45. The molecule has 0 radical (unpaired) electrons. The Labute approximate surface area is 459 Å². The number of hydrogen-bond donors (Lipinski definition) is 10. The first-order valence-corrected chi connectivity index (χ1v) is 27.8. The Hall–Kier alpha value is -7.82. The quantitative estimate of drug-likeness (QED) is 0.0431. The van der Waals surface area contributed by atoms with Crippen molar-refractivity contribution < 1.29 is 29.3 Å². The lowest BCUT2D eigenvalue weighted by Gasteiger charge is -2.33. The van der Waals surface area contributed by atoms with Gasteiger partial charge in [-0.2, -0.15) is 19.9 Å². The average molecular weight is 1100 g/mol. The number of likely N-dealkylation sites (N-methyl/N-ethyl adjacent to an activating group) is 2. The molecule has 8 heterocycles. The van der Waals surface area contributed by atoms with E-state index in [0.717, 1.165) is 37.1 Å². The van der Waals surface area contributed by atoms with Gasteiger partial charge in [0.25, 0.3) is 16.8 Å². The number of rotatable bonds is 22. The summed E-state index contributed by atoms with van der Waals surface area (Å²) in [5, 5.41) is 48.2. The topological polar surface area (TPSA) is 346 Å². The molecule has 0 unspecified atom stereocenters. The summed E-state index contributed by atoms with van der Waals surface area (Å²) >= 11 is 0. The zero-order chi connectivity index (χ0) is 55.6. The lowest BCUT2D eigenvalue weighted by atomic mass is 9.90. The highest BCUT2D eigenvalue weighted by Crippen LogP contribution is 2.36. The van der Waals surface area contributed by atoms with Crippen LogP contribution in [0, 0.1) is 0 Å².